The van der Waals surface area contributed by atoms with Gasteiger partial charge in [0.1, 0.15) is 6.07 Å². The molecule has 0 bridgehead atoms. The fraction of sp³-hybridized carbons (Fsp3) is 0.333. The van der Waals surface area contributed by atoms with Crippen LogP contribution in [0.2, 0.25) is 0 Å². The van der Waals surface area contributed by atoms with Crippen LogP contribution < -0.4 is 10.0 Å². The lowest BCUT2D eigenvalue weighted by molar-refractivity contribution is -0.117. The zero-order chi connectivity index (χ0) is 14.9. The van der Waals surface area contributed by atoms with E-state index in [0.717, 1.165) is 0 Å². The van der Waals surface area contributed by atoms with Crippen molar-refractivity contribution in [2.45, 2.75) is 6.42 Å². The minimum absolute atomic E-state index is 0.119. The molecule has 1 atom stereocenters. The number of hydrogen-bond acceptors (Lipinski definition) is 4. The Kier molecular flexibility index (Phi) is 4.13. The van der Waals surface area contributed by atoms with Gasteiger partial charge in [0.25, 0.3) is 0 Å². The number of carbonyl (C=O) groups excluding carboxylic acids is 1. The molecule has 1 aromatic rings. The quantitative estimate of drug-likeness (QED) is 0.869. The number of halogens is 1. The Morgan fingerprint density at radius 1 is 1.50 bits per heavy atom. The van der Waals surface area contributed by atoms with E-state index in [4.69, 9.17) is 10.4 Å². The molecular formula is C12H12BrN3O3S. The highest BCUT2D eigenvalue weighted by atomic mass is 79.9. The number of primary sulfonamides is 1. The first-order valence-electron chi connectivity index (χ1n) is 5.81. The third kappa shape index (κ3) is 3.17. The van der Waals surface area contributed by atoms with Crippen LogP contribution in [0.25, 0.3) is 0 Å². The number of rotatable bonds is 3. The maximum absolute atomic E-state index is 12.0. The lowest BCUT2D eigenvalue weighted by atomic mass is 10.1. The number of hydrogen-bond donors (Lipinski definition) is 1. The van der Waals surface area contributed by atoms with E-state index in [1.54, 1.807) is 18.2 Å². The molecule has 1 fully saturated rings. The lowest BCUT2D eigenvalue weighted by Gasteiger charge is -2.18. The first-order valence-corrected chi connectivity index (χ1v) is 8.32. The van der Waals surface area contributed by atoms with Crippen molar-refractivity contribution in [3.63, 3.8) is 0 Å². The van der Waals surface area contributed by atoms with Crippen LogP contribution in [0.4, 0.5) is 5.69 Å². The smallest absolute Gasteiger partial charge is 0.227 e. The van der Waals surface area contributed by atoms with Crippen LogP contribution in [0.3, 0.4) is 0 Å². The summed E-state index contributed by atoms with van der Waals surface area (Å²) in [5.74, 6) is -0.776. The zero-order valence-corrected chi connectivity index (χ0v) is 12.8. The molecule has 1 saturated heterocycles. The molecule has 1 amide bonds. The van der Waals surface area contributed by atoms with Gasteiger partial charge in [-0.3, -0.25) is 4.79 Å². The van der Waals surface area contributed by atoms with Gasteiger partial charge in [0.05, 0.1) is 17.0 Å². The second kappa shape index (κ2) is 5.52. The van der Waals surface area contributed by atoms with Crippen molar-refractivity contribution in [2.24, 2.45) is 11.1 Å². The maximum Gasteiger partial charge on any atom is 0.227 e. The van der Waals surface area contributed by atoms with Crippen molar-refractivity contribution in [3.05, 3.63) is 28.2 Å². The van der Waals surface area contributed by atoms with Crippen LogP contribution in [-0.2, 0) is 14.8 Å². The van der Waals surface area contributed by atoms with Gasteiger partial charge in [0, 0.05) is 23.4 Å². The third-order valence-corrected chi connectivity index (χ3v) is 4.66. The molecule has 0 saturated carbocycles. The Labute approximate surface area is 125 Å². The molecule has 20 heavy (non-hydrogen) atoms. The molecule has 0 aliphatic carbocycles. The Morgan fingerprint density at radius 2 is 2.20 bits per heavy atom. The summed E-state index contributed by atoms with van der Waals surface area (Å²) in [4.78, 5) is 13.5. The fourth-order valence-corrected chi connectivity index (χ4v) is 3.63. The van der Waals surface area contributed by atoms with Gasteiger partial charge in [0.15, 0.2) is 0 Å². The number of nitriles is 1. The molecule has 106 valence electrons. The number of benzene rings is 1. The van der Waals surface area contributed by atoms with Crippen molar-refractivity contribution in [1.82, 2.24) is 0 Å². The van der Waals surface area contributed by atoms with Crippen LogP contribution in [0.1, 0.15) is 12.0 Å². The van der Waals surface area contributed by atoms with Crippen LogP contribution in [0.5, 0.6) is 0 Å². The van der Waals surface area contributed by atoms with Gasteiger partial charge < -0.3 is 4.90 Å². The number of nitrogens with two attached hydrogens (primary N) is 1. The molecule has 1 aromatic carbocycles. The largest absolute Gasteiger partial charge is 0.311 e. The summed E-state index contributed by atoms with van der Waals surface area (Å²) in [6, 6.07) is 7.14. The maximum atomic E-state index is 12.0. The highest BCUT2D eigenvalue weighted by Gasteiger charge is 2.34. The number of nitrogens with zero attached hydrogens (tertiary/aromatic N) is 2. The van der Waals surface area contributed by atoms with E-state index in [-0.39, 0.29) is 30.5 Å². The predicted octanol–water partition coefficient (Wildman–Crippen LogP) is 0.962. The van der Waals surface area contributed by atoms with Gasteiger partial charge in [-0.25, -0.2) is 13.6 Å². The molecule has 1 unspecified atom stereocenters. The minimum Gasteiger partial charge on any atom is -0.311 e. The highest BCUT2D eigenvalue weighted by Crippen LogP contribution is 2.31. The molecule has 6 nitrogen and oxygen atoms in total. The number of carbonyl (C=O) groups is 1. The molecule has 8 heteroatoms. The molecule has 1 aliphatic rings. The predicted molar refractivity (Wildman–Crippen MR) is 77.3 cm³/mol. The molecule has 0 aromatic heterocycles. The molecule has 0 spiro atoms. The Morgan fingerprint density at radius 3 is 2.80 bits per heavy atom. The van der Waals surface area contributed by atoms with Crippen LogP contribution in [0.15, 0.2) is 22.7 Å². The summed E-state index contributed by atoms with van der Waals surface area (Å²) in [6.07, 6.45) is 0.119. The van der Waals surface area contributed by atoms with Gasteiger partial charge in [-0.2, -0.15) is 5.26 Å². The van der Waals surface area contributed by atoms with Gasteiger partial charge in [-0.15, -0.1) is 0 Å². The van der Waals surface area contributed by atoms with Crippen molar-refractivity contribution in [2.75, 3.05) is 17.2 Å². The van der Waals surface area contributed by atoms with Gasteiger partial charge >= 0.3 is 0 Å². The summed E-state index contributed by atoms with van der Waals surface area (Å²) >= 11 is 3.26. The Bertz CT molecular complexity index is 696. The van der Waals surface area contributed by atoms with Crippen molar-refractivity contribution >= 4 is 37.5 Å². The fourth-order valence-electron chi connectivity index (χ4n) is 2.30. The van der Waals surface area contributed by atoms with E-state index in [9.17, 15) is 13.2 Å². The average Bonchev–Trinajstić information content (AvgIpc) is 2.67. The van der Waals surface area contributed by atoms with Gasteiger partial charge in [0.2, 0.25) is 15.9 Å². The van der Waals surface area contributed by atoms with E-state index in [0.29, 0.717) is 15.7 Å². The van der Waals surface area contributed by atoms with Gasteiger partial charge in [-0.1, -0.05) is 6.07 Å². The van der Waals surface area contributed by atoms with Crippen LogP contribution >= 0.6 is 15.9 Å². The summed E-state index contributed by atoms with van der Waals surface area (Å²) in [5, 5.41) is 14.2. The van der Waals surface area contributed by atoms with E-state index in [1.807, 2.05) is 6.07 Å². The van der Waals surface area contributed by atoms with E-state index < -0.39 is 10.0 Å². The number of anilines is 1. The summed E-state index contributed by atoms with van der Waals surface area (Å²) in [5.41, 5.74) is 0.848. The average molecular weight is 358 g/mol. The third-order valence-electron chi connectivity index (χ3n) is 3.07. The molecular weight excluding hydrogens is 346 g/mol. The molecule has 1 aliphatic heterocycles. The monoisotopic (exact) mass is 357 g/mol. The first kappa shape index (κ1) is 15.0. The highest BCUT2D eigenvalue weighted by molar-refractivity contribution is 9.10. The standard InChI is InChI=1S/C12H12BrN3O3S/c13-10-2-1-3-11(9(10)5-14)16-6-8(4-12(16)17)7-20(15,18)19/h1-3,8H,4,6-7H2,(H2,15,18,19). The Hall–Kier alpha value is -1.43. The minimum atomic E-state index is -3.61. The zero-order valence-electron chi connectivity index (χ0n) is 10.4. The van der Waals surface area contributed by atoms with Crippen LogP contribution in [0, 0.1) is 17.2 Å². The second-order valence-corrected chi connectivity index (χ2v) is 7.16. The first-order chi connectivity index (χ1) is 9.31. The molecule has 1 heterocycles. The van der Waals surface area contributed by atoms with Crippen molar-refractivity contribution in [1.29, 1.82) is 5.26 Å². The molecule has 2 N–H and O–H groups in total. The normalized spacial score (nSPS) is 19.1. The summed E-state index contributed by atoms with van der Waals surface area (Å²) < 4.78 is 22.8. The Balaban J connectivity index is 2.30. The van der Waals surface area contributed by atoms with Crippen LogP contribution in [-0.4, -0.2) is 26.6 Å². The molecule has 0 radical (unpaired) electrons. The molecule has 2 rings (SSSR count). The summed E-state index contributed by atoms with van der Waals surface area (Å²) in [6.45, 7) is 0.250. The summed E-state index contributed by atoms with van der Waals surface area (Å²) in [7, 11) is -3.61. The lowest BCUT2D eigenvalue weighted by Crippen LogP contribution is -2.28. The second-order valence-electron chi connectivity index (χ2n) is 4.65. The number of amides is 1. The number of sulfonamides is 1. The van der Waals surface area contributed by atoms with E-state index in [2.05, 4.69) is 15.9 Å². The van der Waals surface area contributed by atoms with Crippen molar-refractivity contribution < 1.29 is 13.2 Å². The van der Waals surface area contributed by atoms with E-state index >= 15 is 0 Å². The topological polar surface area (TPSA) is 104 Å². The SMILES string of the molecule is N#Cc1c(Br)cccc1N1CC(CS(N)(=O)=O)CC1=O. The van der Waals surface area contributed by atoms with Gasteiger partial charge in [-0.05, 0) is 28.1 Å². The van der Waals surface area contributed by atoms with E-state index in [1.165, 1.54) is 4.90 Å². The van der Waals surface area contributed by atoms with Crippen molar-refractivity contribution in [3.8, 4) is 6.07 Å².